The molecule has 1 aliphatic carbocycles. The maximum atomic E-state index is 13.1. The second-order valence-electron chi connectivity index (χ2n) is 12.0. The summed E-state index contributed by atoms with van der Waals surface area (Å²) in [5.74, 6) is -0.441. The molecule has 12 heteroatoms. The molecule has 2 saturated heterocycles. The number of amides is 1. The number of rotatable bonds is 5. The Hall–Kier alpha value is -4.55. The Balaban J connectivity index is 0.000000845. The lowest BCUT2D eigenvalue weighted by Crippen LogP contribution is -2.49. The quantitative estimate of drug-likeness (QED) is 0.328. The maximum absolute atomic E-state index is 13.1. The number of cyclic esters (lactones) is 1. The number of carboxylic acids is 1. The molecule has 3 fully saturated rings. The number of carboxylic acid groups (broad SMARTS) is 1. The Labute approximate surface area is 262 Å². The van der Waals surface area contributed by atoms with Crippen molar-refractivity contribution in [3.63, 3.8) is 0 Å². The van der Waals surface area contributed by atoms with Crippen molar-refractivity contribution in [3.8, 4) is 11.3 Å². The lowest BCUT2D eigenvalue weighted by molar-refractivity contribution is -0.134. The summed E-state index contributed by atoms with van der Waals surface area (Å²) in [6, 6.07) is 18.5. The fourth-order valence-electron chi connectivity index (χ4n) is 6.70. The Morgan fingerprint density at radius 2 is 1.58 bits per heavy atom. The van der Waals surface area contributed by atoms with Crippen LogP contribution in [-0.4, -0.2) is 92.5 Å². The molecule has 2 aliphatic heterocycles. The third-order valence-corrected chi connectivity index (χ3v) is 9.02. The SMILES string of the molecule is CC(=O)O.CN1CCN([C@H]2CC[C@@H](n3nc(-c4ccccc4N4CC(c5ccccc5)OC4=O)c4c(N)ncnc43)CC2)CC1. The van der Waals surface area contributed by atoms with Gasteiger partial charge in [0.15, 0.2) is 5.65 Å². The van der Waals surface area contributed by atoms with Crippen LogP contribution in [0.3, 0.4) is 0 Å². The summed E-state index contributed by atoms with van der Waals surface area (Å²) in [7, 11) is 2.20. The van der Waals surface area contributed by atoms with E-state index in [1.807, 2.05) is 54.6 Å². The summed E-state index contributed by atoms with van der Waals surface area (Å²) >= 11 is 0. The van der Waals surface area contributed by atoms with E-state index < -0.39 is 5.97 Å². The molecule has 7 rings (SSSR count). The molecule has 2 aromatic carbocycles. The van der Waals surface area contributed by atoms with Gasteiger partial charge in [0, 0.05) is 44.7 Å². The number of ether oxygens (including phenoxy) is 1. The van der Waals surface area contributed by atoms with Gasteiger partial charge in [0.25, 0.3) is 5.97 Å². The molecule has 1 amide bonds. The van der Waals surface area contributed by atoms with Crippen LogP contribution in [0, 0.1) is 0 Å². The van der Waals surface area contributed by atoms with Crippen LogP contribution in [0.25, 0.3) is 22.3 Å². The number of aromatic nitrogens is 4. The van der Waals surface area contributed by atoms with E-state index in [0.29, 0.717) is 24.1 Å². The monoisotopic (exact) mass is 612 g/mol. The van der Waals surface area contributed by atoms with Crippen molar-refractivity contribution >= 4 is 34.6 Å². The molecule has 1 saturated carbocycles. The average Bonchev–Trinajstić information content (AvgIpc) is 3.63. The van der Waals surface area contributed by atoms with Crippen LogP contribution in [-0.2, 0) is 9.53 Å². The van der Waals surface area contributed by atoms with Crippen molar-refractivity contribution in [2.45, 2.75) is 50.8 Å². The van der Waals surface area contributed by atoms with Gasteiger partial charge < -0.3 is 20.5 Å². The smallest absolute Gasteiger partial charge is 0.415 e. The van der Waals surface area contributed by atoms with E-state index in [-0.39, 0.29) is 18.2 Å². The van der Waals surface area contributed by atoms with E-state index in [9.17, 15) is 4.79 Å². The molecule has 3 N–H and O–H groups in total. The average molecular weight is 613 g/mol. The predicted octanol–water partition coefficient (Wildman–Crippen LogP) is 4.60. The first-order chi connectivity index (χ1) is 21.8. The molecular weight excluding hydrogens is 572 g/mol. The van der Waals surface area contributed by atoms with E-state index in [4.69, 9.17) is 25.5 Å². The van der Waals surface area contributed by atoms with Crippen LogP contribution in [0.1, 0.15) is 50.3 Å². The minimum Gasteiger partial charge on any atom is -0.481 e. The number of nitrogen functional groups attached to an aromatic ring is 1. The molecule has 1 unspecified atom stereocenters. The van der Waals surface area contributed by atoms with Gasteiger partial charge in [0.2, 0.25) is 0 Å². The van der Waals surface area contributed by atoms with Crippen LogP contribution >= 0.6 is 0 Å². The third-order valence-electron chi connectivity index (χ3n) is 9.02. The lowest BCUT2D eigenvalue weighted by Gasteiger charge is -2.41. The van der Waals surface area contributed by atoms with Crippen LogP contribution in [0.5, 0.6) is 0 Å². The Bertz CT molecular complexity index is 1640. The number of fused-ring (bicyclic) bond motifs is 1. The number of para-hydroxylation sites is 1. The minimum absolute atomic E-state index is 0.232. The minimum atomic E-state index is -0.833. The highest BCUT2D eigenvalue weighted by Crippen LogP contribution is 2.41. The molecule has 0 radical (unpaired) electrons. The largest absolute Gasteiger partial charge is 0.481 e. The number of benzene rings is 2. The van der Waals surface area contributed by atoms with Gasteiger partial charge in [0.05, 0.1) is 23.7 Å². The molecule has 236 valence electrons. The first-order valence-electron chi connectivity index (χ1n) is 15.5. The number of aliphatic carboxylic acids is 1. The first kappa shape index (κ1) is 30.5. The summed E-state index contributed by atoms with van der Waals surface area (Å²) in [6.45, 7) is 6.07. The number of likely N-dealkylation sites (N-methyl/N-ethyl adjacent to an activating group) is 1. The summed E-state index contributed by atoms with van der Waals surface area (Å²) in [6.07, 6.45) is 5.16. The Morgan fingerprint density at radius 1 is 0.933 bits per heavy atom. The number of nitrogens with zero attached hydrogens (tertiary/aromatic N) is 7. The second-order valence-corrected chi connectivity index (χ2v) is 12.0. The number of piperazine rings is 1. The number of hydrogen-bond donors (Lipinski definition) is 2. The second kappa shape index (κ2) is 13.2. The number of anilines is 2. The Kier molecular flexibility index (Phi) is 8.95. The lowest BCUT2D eigenvalue weighted by atomic mass is 9.90. The van der Waals surface area contributed by atoms with Crippen LogP contribution in [0.2, 0.25) is 0 Å². The highest BCUT2D eigenvalue weighted by Gasteiger charge is 2.36. The molecule has 0 bridgehead atoms. The summed E-state index contributed by atoms with van der Waals surface area (Å²) in [5.41, 5.74) is 10.5. The van der Waals surface area contributed by atoms with E-state index in [1.165, 1.54) is 6.33 Å². The van der Waals surface area contributed by atoms with Gasteiger partial charge in [-0.05, 0) is 44.4 Å². The van der Waals surface area contributed by atoms with Gasteiger partial charge in [-0.15, -0.1) is 0 Å². The number of carbonyl (C=O) groups is 2. The topological polar surface area (TPSA) is 143 Å². The molecule has 0 spiro atoms. The van der Waals surface area contributed by atoms with Crippen molar-refractivity contribution in [1.82, 2.24) is 29.5 Å². The van der Waals surface area contributed by atoms with Crippen molar-refractivity contribution in [1.29, 1.82) is 0 Å². The van der Waals surface area contributed by atoms with Gasteiger partial charge in [-0.1, -0.05) is 48.5 Å². The van der Waals surface area contributed by atoms with E-state index in [1.54, 1.807) is 4.90 Å². The molecule has 2 aromatic heterocycles. The Morgan fingerprint density at radius 3 is 2.29 bits per heavy atom. The van der Waals surface area contributed by atoms with E-state index >= 15 is 0 Å². The molecule has 4 aromatic rings. The maximum Gasteiger partial charge on any atom is 0.415 e. The molecule has 1 atom stereocenters. The van der Waals surface area contributed by atoms with Gasteiger partial charge in [0.1, 0.15) is 23.9 Å². The fraction of sp³-hybridized carbons (Fsp3) is 0.424. The number of nitrogens with two attached hydrogens (primary N) is 1. The zero-order chi connectivity index (χ0) is 31.5. The van der Waals surface area contributed by atoms with E-state index in [0.717, 1.165) is 86.6 Å². The van der Waals surface area contributed by atoms with Crippen molar-refractivity contribution in [2.75, 3.05) is 50.4 Å². The summed E-state index contributed by atoms with van der Waals surface area (Å²) < 4.78 is 7.85. The van der Waals surface area contributed by atoms with E-state index in [2.05, 4.69) is 31.5 Å². The number of carbonyl (C=O) groups excluding carboxylic acids is 1. The van der Waals surface area contributed by atoms with Gasteiger partial charge in [-0.2, -0.15) is 5.10 Å². The molecule has 4 heterocycles. The summed E-state index contributed by atoms with van der Waals surface area (Å²) in [5, 5.41) is 13.3. The highest BCUT2D eigenvalue weighted by atomic mass is 16.6. The zero-order valence-electron chi connectivity index (χ0n) is 25.7. The molecule has 3 aliphatic rings. The van der Waals surface area contributed by atoms with Crippen LogP contribution < -0.4 is 10.6 Å². The van der Waals surface area contributed by atoms with Crippen LogP contribution in [0.4, 0.5) is 16.3 Å². The fourth-order valence-corrected chi connectivity index (χ4v) is 6.70. The molecular formula is C33H40N8O4. The molecule has 45 heavy (non-hydrogen) atoms. The standard InChI is InChI=1S/C31H36N8O2.C2H4O2/c1-36-15-17-37(18-16-36)22-11-13-23(14-12-22)39-30-27(29(32)33-20-34-30)28(35-39)24-9-5-6-10-25(24)38-19-26(41-31(38)40)21-7-3-2-4-8-21;1-2(3)4/h2-10,20,22-23,26H,11-19H2,1H3,(H2,32,33,34);1H3,(H,3,4)/t22-,23+,26?;. The normalized spacial score (nSPS) is 22.6. The predicted molar refractivity (Wildman–Crippen MR) is 172 cm³/mol. The first-order valence-corrected chi connectivity index (χ1v) is 15.5. The van der Waals surface area contributed by atoms with Crippen molar-refractivity contribution < 1.29 is 19.4 Å². The molecule has 12 nitrogen and oxygen atoms in total. The van der Waals surface area contributed by atoms with Crippen molar-refractivity contribution in [3.05, 3.63) is 66.5 Å². The zero-order valence-corrected chi connectivity index (χ0v) is 25.7. The van der Waals surface area contributed by atoms with Crippen molar-refractivity contribution in [2.24, 2.45) is 0 Å². The third kappa shape index (κ3) is 6.47. The number of hydrogen-bond acceptors (Lipinski definition) is 9. The summed E-state index contributed by atoms with van der Waals surface area (Å²) in [4.78, 5) is 37.9. The van der Waals surface area contributed by atoms with Gasteiger partial charge >= 0.3 is 6.09 Å². The van der Waals surface area contributed by atoms with Crippen LogP contribution in [0.15, 0.2) is 60.9 Å². The highest BCUT2D eigenvalue weighted by molar-refractivity contribution is 6.03. The van der Waals surface area contributed by atoms with Gasteiger partial charge in [-0.3, -0.25) is 14.6 Å². The van der Waals surface area contributed by atoms with Gasteiger partial charge in [-0.25, -0.2) is 19.4 Å².